The molecule has 0 aliphatic rings. The van der Waals surface area contributed by atoms with Crippen LogP contribution in [0.15, 0.2) is 68.5 Å². The summed E-state index contributed by atoms with van der Waals surface area (Å²) in [6.45, 7) is 0. The van der Waals surface area contributed by atoms with Crippen LogP contribution in [-0.4, -0.2) is 23.4 Å². The number of rotatable bonds is 4. The van der Waals surface area contributed by atoms with Crippen molar-refractivity contribution in [1.82, 2.24) is 4.98 Å². The van der Waals surface area contributed by atoms with Crippen LogP contribution >= 0.6 is 15.9 Å². The number of aromatic hydroxyl groups is 1. The third-order valence-corrected chi connectivity index (χ3v) is 4.86. The van der Waals surface area contributed by atoms with Crippen LogP contribution in [0, 0.1) is 5.82 Å². The van der Waals surface area contributed by atoms with Crippen molar-refractivity contribution in [3.05, 3.63) is 70.5 Å². The maximum Gasteiger partial charge on any atom is 0.230 e. The zero-order valence-electron chi connectivity index (χ0n) is 14.7. The molecule has 0 atom stereocenters. The highest BCUT2D eigenvalue weighted by Gasteiger charge is 2.13. The summed E-state index contributed by atoms with van der Waals surface area (Å²) in [5.74, 6) is 0.157. The summed E-state index contributed by atoms with van der Waals surface area (Å²) in [5, 5.41) is 10.3. The number of hydrogen-bond donors (Lipinski definition) is 1. The number of aromatic nitrogens is 1. The highest BCUT2D eigenvalue weighted by atomic mass is 79.9. The van der Waals surface area contributed by atoms with Crippen LogP contribution in [0.2, 0.25) is 0 Å². The number of methoxy groups -OCH3 is 1. The van der Waals surface area contributed by atoms with Crippen LogP contribution in [-0.2, 0) is 0 Å². The van der Waals surface area contributed by atoms with E-state index in [0.29, 0.717) is 38.1 Å². The first kappa shape index (κ1) is 18.2. The Bertz CT molecular complexity index is 1200. The molecule has 0 bridgehead atoms. The van der Waals surface area contributed by atoms with E-state index in [1.165, 1.54) is 19.4 Å². The van der Waals surface area contributed by atoms with E-state index in [4.69, 9.17) is 9.15 Å². The van der Waals surface area contributed by atoms with Gasteiger partial charge in [0.15, 0.2) is 17.1 Å². The van der Waals surface area contributed by atoms with Crippen molar-refractivity contribution in [2.45, 2.75) is 0 Å². The van der Waals surface area contributed by atoms with Crippen LogP contribution in [0.3, 0.4) is 0 Å². The van der Waals surface area contributed by atoms with Gasteiger partial charge >= 0.3 is 0 Å². The molecule has 1 N–H and O–H groups in total. The number of benzene rings is 3. The van der Waals surface area contributed by atoms with Gasteiger partial charge in [0.1, 0.15) is 11.3 Å². The lowest BCUT2D eigenvalue weighted by Crippen LogP contribution is -1.90. The average Bonchev–Trinajstić information content (AvgIpc) is 3.11. The van der Waals surface area contributed by atoms with Gasteiger partial charge in [0.25, 0.3) is 0 Å². The molecule has 0 aliphatic heterocycles. The van der Waals surface area contributed by atoms with Crippen LogP contribution in [0.25, 0.3) is 22.6 Å². The molecule has 0 radical (unpaired) electrons. The van der Waals surface area contributed by atoms with E-state index in [9.17, 15) is 9.50 Å². The molecule has 0 fully saturated rings. The molecule has 7 heteroatoms. The number of ether oxygens (including phenoxy) is 1. The second-order valence-corrected chi connectivity index (χ2v) is 6.78. The predicted octanol–water partition coefficient (Wildman–Crippen LogP) is 5.86. The predicted molar refractivity (Wildman–Crippen MR) is 109 cm³/mol. The Kier molecular flexibility index (Phi) is 4.83. The number of fused-ring (bicyclic) bond motifs is 1. The Labute approximate surface area is 168 Å². The fraction of sp³-hybridized carbons (Fsp3) is 0.0476. The number of phenols is 1. The molecule has 0 amide bonds. The van der Waals surface area contributed by atoms with Crippen LogP contribution < -0.4 is 4.74 Å². The third-order valence-electron chi connectivity index (χ3n) is 4.16. The summed E-state index contributed by atoms with van der Waals surface area (Å²) in [4.78, 5) is 8.76. The molecule has 5 nitrogen and oxygen atoms in total. The first-order chi connectivity index (χ1) is 13.6. The minimum atomic E-state index is -0.398. The van der Waals surface area contributed by atoms with Gasteiger partial charge in [0.2, 0.25) is 5.89 Å². The molecule has 4 aromatic rings. The van der Waals surface area contributed by atoms with Gasteiger partial charge in [0.05, 0.1) is 23.9 Å². The minimum absolute atomic E-state index is 0.00928. The Morgan fingerprint density at radius 2 is 2.00 bits per heavy atom. The number of hydrogen-bond acceptors (Lipinski definition) is 5. The molecule has 0 saturated heterocycles. The smallest absolute Gasteiger partial charge is 0.230 e. The lowest BCUT2D eigenvalue weighted by molar-refractivity contribution is 0.373. The van der Waals surface area contributed by atoms with Gasteiger partial charge in [-0.2, -0.15) is 0 Å². The Hall–Kier alpha value is -3.19. The topological polar surface area (TPSA) is 67.9 Å². The van der Waals surface area contributed by atoms with Gasteiger partial charge < -0.3 is 14.3 Å². The van der Waals surface area contributed by atoms with Gasteiger partial charge in [0, 0.05) is 10.7 Å². The maximum absolute atomic E-state index is 14.0. The van der Waals surface area contributed by atoms with Gasteiger partial charge in [-0.25, -0.2) is 9.37 Å². The lowest BCUT2D eigenvalue weighted by atomic mass is 10.2. The highest BCUT2D eigenvalue weighted by molar-refractivity contribution is 9.10. The molecule has 1 aromatic heterocycles. The summed E-state index contributed by atoms with van der Waals surface area (Å²) in [7, 11) is 1.48. The summed E-state index contributed by atoms with van der Waals surface area (Å²) in [5.41, 5.74) is 2.49. The van der Waals surface area contributed by atoms with Crippen molar-refractivity contribution in [2.75, 3.05) is 7.11 Å². The maximum atomic E-state index is 14.0. The quantitative estimate of drug-likeness (QED) is 0.403. The number of phenolic OH excluding ortho intramolecular Hbond substituents is 1. The van der Waals surface area contributed by atoms with Crippen molar-refractivity contribution >= 4 is 38.9 Å². The number of oxazole rings is 1. The summed E-state index contributed by atoms with van der Waals surface area (Å²) < 4.78 is 25.4. The van der Waals surface area contributed by atoms with E-state index in [1.54, 1.807) is 48.5 Å². The molecule has 0 unspecified atom stereocenters. The molecule has 140 valence electrons. The van der Waals surface area contributed by atoms with Gasteiger partial charge in [-0.1, -0.05) is 12.1 Å². The van der Waals surface area contributed by atoms with Crippen molar-refractivity contribution < 1.29 is 18.7 Å². The van der Waals surface area contributed by atoms with E-state index < -0.39 is 5.82 Å². The van der Waals surface area contributed by atoms with Gasteiger partial charge in [-0.3, -0.25) is 4.99 Å². The Balaban J connectivity index is 1.70. The van der Waals surface area contributed by atoms with Gasteiger partial charge in [-0.15, -0.1) is 0 Å². The Morgan fingerprint density at radius 3 is 2.79 bits per heavy atom. The van der Waals surface area contributed by atoms with Crippen molar-refractivity contribution in [1.29, 1.82) is 0 Å². The summed E-state index contributed by atoms with van der Waals surface area (Å²) in [6.07, 6.45) is 1.53. The van der Waals surface area contributed by atoms with Crippen molar-refractivity contribution in [2.24, 2.45) is 4.99 Å². The molecular weight excluding hydrogens is 427 g/mol. The van der Waals surface area contributed by atoms with E-state index >= 15 is 0 Å². The highest BCUT2D eigenvalue weighted by Crippen LogP contribution is 2.34. The van der Waals surface area contributed by atoms with E-state index in [2.05, 4.69) is 25.9 Å². The zero-order valence-corrected chi connectivity index (χ0v) is 16.3. The lowest BCUT2D eigenvalue weighted by Gasteiger charge is -2.07. The number of aliphatic imine (C=N–C) groups is 1. The second kappa shape index (κ2) is 7.44. The zero-order chi connectivity index (χ0) is 19.7. The normalized spacial score (nSPS) is 11.4. The fourth-order valence-electron chi connectivity index (χ4n) is 2.74. The summed E-state index contributed by atoms with van der Waals surface area (Å²) in [6, 6.07) is 14.9. The molecule has 0 aliphatic carbocycles. The second-order valence-electron chi connectivity index (χ2n) is 5.92. The molecule has 0 spiro atoms. The third kappa shape index (κ3) is 3.36. The standard InChI is InChI=1S/C21H14BrFN2O3/c1-27-19-9-7-15(22)14(20(19)26)11-24-12-6-8-18-17(10-12)25-21(28-18)13-4-2-3-5-16(13)23/h2-11,26H,1H3. The first-order valence-corrected chi connectivity index (χ1v) is 9.11. The average molecular weight is 441 g/mol. The Morgan fingerprint density at radius 1 is 1.18 bits per heavy atom. The van der Waals surface area contributed by atoms with E-state index in [1.807, 2.05) is 0 Å². The SMILES string of the molecule is COc1ccc(Br)c(C=Nc2ccc3oc(-c4ccccc4F)nc3c2)c1O. The van der Waals surface area contributed by atoms with Crippen molar-refractivity contribution in [3.8, 4) is 23.0 Å². The van der Waals surface area contributed by atoms with Gasteiger partial charge in [-0.05, 0) is 58.4 Å². The van der Waals surface area contributed by atoms with Crippen LogP contribution in [0.5, 0.6) is 11.5 Å². The van der Waals surface area contributed by atoms with Crippen LogP contribution in [0.1, 0.15) is 5.56 Å². The number of halogens is 2. The summed E-state index contributed by atoms with van der Waals surface area (Å²) >= 11 is 3.39. The largest absolute Gasteiger partial charge is 0.504 e. The monoisotopic (exact) mass is 440 g/mol. The molecule has 0 saturated carbocycles. The molecule has 1 heterocycles. The molecular formula is C21H14BrFN2O3. The molecule has 4 rings (SSSR count). The fourth-order valence-corrected chi connectivity index (χ4v) is 3.16. The first-order valence-electron chi connectivity index (χ1n) is 8.32. The molecule has 28 heavy (non-hydrogen) atoms. The van der Waals surface area contributed by atoms with Crippen LogP contribution in [0.4, 0.5) is 10.1 Å². The minimum Gasteiger partial charge on any atom is -0.504 e. The van der Waals surface area contributed by atoms with E-state index in [-0.39, 0.29) is 11.6 Å². The molecule has 3 aromatic carbocycles. The van der Waals surface area contributed by atoms with Crippen molar-refractivity contribution in [3.63, 3.8) is 0 Å². The number of nitrogens with zero attached hydrogens (tertiary/aromatic N) is 2. The van der Waals surface area contributed by atoms with E-state index in [0.717, 1.165) is 0 Å².